The van der Waals surface area contributed by atoms with Crippen molar-refractivity contribution >= 4 is 11.8 Å². The highest BCUT2D eigenvalue weighted by atomic mass is 16.2. The molecule has 0 radical (unpaired) electrons. The van der Waals surface area contributed by atoms with E-state index in [0.29, 0.717) is 24.4 Å². The molecule has 6 nitrogen and oxygen atoms in total. The highest BCUT2D eigenvalue weighted by molar-refractivity contribution is 5.85. The van der Waals surface area contributed by atoms with Crippen molar-refractivity contribution in [3.63, 3.8) is 0 Å². The first-order valence-electron chi connectivity index (χ1n) is 11.9. The third-order valence-corrected chi connectivity index (χ3v) is 6.28. The molecule has 0 aromatic rings. The number of nitrogens with one attached hydrogen (secondary N) is 1. The van der Waals surface area contributed by atoms with Gasteiger partial charge in [-0.05, 0) is 57.9 Å². The molecular weight excluding hydrogens is 364 g/mol. The highest BCUT2D eigenvalue weighted by Crippen LogP contribution is 2.27. The molecule has 1 aliphatic heterocycles. The van der Waals surface area contributed by atoms with Gasteiger partial charge in [-0.15, -0.1) is 0 Å². The third-order valence-electron chi connectivity index (χ3n) is 6.28. The number of hydrogen-bond donors (Lipinski definition) is 1. The summed E-state index contributed by atoms with van der Waals surface area (Å²) in [4.78, 5) is 31.7. The Bertz CT molecular complexity index is 499. The normalized spacial score (nSPS) is 19.3. The average molecular weight is 409 g/mol. The Morgan fingerprint density at radius 3 is 2.34 bits per heavy atom. The standard InChI is InChI=1S/C23H44N4O2/c1-5-12-25-14-16-26(17-15-25)20(4)7-6-13-27(21-9-10-21)23(29)18-24-22(28)11-8-19(2)3/h19-21H,5-18H2,1-4H3,(H,24,28). The van der Waals surface area contributed by atoms with Gasteiger partial charge >= 0.3 is 0 Å². The van der Waals surface area contributed by atoms with Crippen LogP contribution >= 0.6 is 0 Å². The molecule has 0 spiro atoms. The Morgan fingerprint density at radius 1 is 1.07 bits per heavy atom. The number of piperazine rings is 1. The molecular formula is C23H44N4O2. The molecule has 0 bridgehead atoms. The van der Waals surface area contributed by atoms with Crippen LogP contribution in [0.15, 0.2) is 0 Å². The Morgan fingerprint density at radius 2 is 1.76 bits per heavy atom. The smallest absolute Gasteiger partial charge is 0.242 e. The van der Waals surface area contributed by atoms with Gasteiger partial charge in [-0.3, -0.25) is 14.5 Å². The van der Waals surface area contributed by atoms with Gasteiger partial charge < -0.3 is 15.1 Å². The maximum Gasteiger partial charge on any atom is 0.242 e. The summed E-state index contributed by atoms with van der Waals surface area (Å²) in [6.45, 7) is 15.7. The van der Waals surface area contributed by atoms with E-state index in [1.165, 1.54) is 26.1 Å². The van der Waals surface area contributed by atoms with Crippen LogP contribution in [0, 0.1) is 5.92 Å². The minimum atomic E-state index is -0.00126. The van der Waals surface area contributed by atoms with E-state index in [1.54, 1.807) is 0 Å². The monoisotopic (exact) mass is 408 g/mol. The SMILES string of the molecule is CCCN1CCN(C(C)CCCN(C(=O)CNC(=O)CCC(C)C)C2CC2)CC1. The Balaban J connectivity index is 1.66. The number of rotatable bonds is 13. The molecule has 6 heteroatoms. The van der Waals surface area contributed by atoms with Crippen LogP contribution < -0.4 is 5.32 Å². The lowest BCUT2D eigenvalue weighted by Crippen LogP contribution is -2.49. The first kappa shape index (κ1) is 24.1. The summed E-state index contributed by atoms with van der Waals surface area (Å²) in [5.41, 5.74) is 0. The van der Waals surface area contributed by atoms with Crippen molar-refractivity contribution in [1.82, 2.24) is 20.0 Å². The van der Waals surface area contributed by atoms with Crippen LogP contribution in [0.5, 0.6) is 0 Å². The molecule has 2 rings (SSSR count). The van der Waals surface area contributed by atoms with E-state index in [2.05, 4.69) is 42.8 Å². The lowest BCUT2D eigenvalue weighted by Gasteiger charge is -2.38. The Kier molecular flexibility index (Phi) is 10.4. The van der Waals surface area contributed by atoms with Crippen molar-refractivity contribution in [2.45, 2.75) is 84.7 Å². The van der Waals surface area contributed by atoms with Crippen molar-refractivity contribution < 1.29 is 9.59 Å². The number of carbonyl (C=O) groups excluding carboxylic acids is 2. The van der Waals surface area contributed by atoms with Gasteiger partial charge in [0.1, 0.15) is 0 Å². The van der Waals surface area contributed by atoms with Gasteiger partial charge in [0.2, 0.25) is 11.8 Å². The largest absolute Gasteiger partial charge is 0.347 e. The third kappa shape index (κ3) is 9.04. The van der Waals surface area contributed by atoms with Crippen LogP contribution in [-0.4, -0.2) is 84.4 Å². The van der Waals surface area contributed by atoms with E-state index >= 15 is 0 Å². The molecule has 2 fully saturated rings. The summed E-state index contributed by atoms with van der Waals surface area (Å²) >= 11 is 0. The van der Waals surface area contributed by atoms with Gasteiger partial charge in [-0.2, -0.15) is 0 Å². The minimum absolute atomic E-state index is 0.00126. The van der Waals surface area contributed by atoms with Gasteiger partial charge in [0.25, 0.3) is 0 Å². The fourth-order valence-electron chi connectivity index (χ4n) is 4.16. The van der Waals surface area contributed by atoms with Crippen molar-refractivity contribution in [1.29, 1.82) is 0 Å². The zero-order valence-electron chi connectivity index (χ0n) is 19.3. The van der Waals surface area contributed by atoms with Gasteiger partial charge in [-0.25, -0.2) is 0 Å². The average Bonchev–Trinajstić information content (AvgIpc) is 3.53. The number of carbonyl (C=O) groups is 2. The van der Waals surface area contributed by atoms with E-state index in [0.717, 1.165) is 51.7 Å². The van der Waals surface area contributed by atoms with Crippen LogP contribution in [0.25, 0.3) is 0 Å². The van der Waals surface area contributed by atoms with Crippen LogP contribution in [-0.2, 0) is 9.59 Å². The number of amides is 2. The van der Waals surface area contributed by atoms with Crippen molar-refractivity contribution in [3.8, 4) is 0 Å². The molecule has 1 saturated carbocycles. The van der Waals surface area contributed by atoms with Gasteiger partial charge in [-0.1, -0.05) is 20.8 Å². The molecule has 1 N–H and O–H groups in total. The molecule has 1 atom stereocenters. The summed E-state index contributed by atoms with van der Waals surface area (Å²) in [5, 5.41) is 2.82. The summed E-state index contributed by atoms with van der Waals surface area (Å²) < 4.78 is 0. The number of hydrogen-bond acceptors (Lipinski definition) is 4. The summed E-state index contributed by atoms with van der Waals surface area (Å²) in [5.74, 6) is 0.598. The zero-order chi connectivity index (χ0) is 21.2. The minimum Gasteiger partial charge on any atom is -0.347 e. The topological polar surface area (TPSA) is 55.9 Å². The second kappa shape index (κ2) is 12.5. The van der Waals surface area contributed by atoms with Gasteiger partial charge in [0.05, 0.1) is 6.54 Å². The number of nitrogens with zero attached hydrogens (tertiary/aromatic N) is 3. The van der Waals surface area contributed by atoms with E-state index < -0.39 is 0 Å². The maximum atomic E-state index is 12.6. The molecule has 0 aromatic heterocycles. The first-order valence-corrected chi connectivity index (χ1v) is 11.9. The van der Waals surface area contributed by atoms with Crippen LogP contribution in [0.1, 0.15) is 72.6 Å². The van der Waals surface area contributed by atoms with E-state index in [-0.39, 0.29) is 18.4 Å². The molecule has 0 aromatic carbocycles. The molecule has 2 aliphatic rings. The lowest BCUT2D eigenvalue weighted by atomic mass is 10.1. The van der Waals surface area contributed by atoms with Gasteiger partial charge in [0.15, 0.2) is 0 Å². The molecule has 168 valence electrons. The fraction of sp³-hybridized carbons (Fsp3) is 0.913. The first-order chi connectivity index (χ1) is 13.9. The lowest BCUT2D eigenvalue weighted by molar-refractivity contribution is -0.133. The van der Waals surface area contributed by atoms with E-state index in [1.807, 2.05) is 4.90 Å². The fourth-order valence-corrected chi connectivity index (χ4v) is 4.16. The van der Waals surface area contributed by atoms with Crippen molar-refractivity contribution in [2.75, 3.05) is 45.8 Å². The molecule has 2 amide bonds. The van der Waals surface area contributed by atoms with Crippen molar-refractivity contribution in [2.24, 2.45) is 5.92 Å². The predicted octanol–water partition coefficient (Wildman–Crippen LogP) is 2.73. The maximum absolute atomic E-state index is 12.6. The quantitative estimate of drug-likeness (QED) is 0.509. The van der Waals surface area contributed by atoms with Crippen LogP contribution in [0.2, 0.25) is 0 Å². The molecule has 1 heterocycles. The Labute approximate surface area is 178 Å². The highest BCUT2D eigenvalue weighted by Gasteiger charge is 2.32. The summed E-state index contributed by atoms with van der Waals surface area (Å²) in [7, 11) is 0. The molecule has 1 aliphatic carbocycles. The van der Waals surface area contributed by atoms with E-state index in [9.17, 15) is 9.59 Å². The van der Waals surface area contributed by atoms with Crippen LogP contribution in [0.4, 0.5) is 0 Å². The van der Waals surface area contributed by atoms with E-state index in [4.69, 9.17) is 0 Å². The van der Waals surface area contributed by atoms with Crippen molar-refractivity contribution in [3.05, 3.63) is 0 Å². The molecule has 1 saturated heterocycles. The summed E-state index contributed by atoms with van der Waals surface area (Å²) in [6, 6.07) is 0.980. The second-order valence-corrected chi connectivity index (χ2v) is 9.40. The van der Waals surface area contributed by atoms with Gasteiger partial charge in [0, 0.05) is 51.2 Å². The van der Waals surface area contributed by atoms with Crippen LogP contribution in [0.3, 0.4) is 0 Å². The zero-order valence-corrected chi connectivity index (χ0v) is 19.3. The predicted molar refractivity (Wildman–Crippen MR) is 119 cm³/mol. The Hall–Kier alpha value is -1.14. The second-order valence-electron chi connectivity index (χ2n) is 9.40. The molecule has 29 heavy (non-hydrogen) atoms. The summed E-state index contributed by atoms with van der Waals surface area (Å²) in [6.07, 6.45) is 7.02. The molecule has 1 unspecified atom stereocenters.